The molecule has 14 heteroatoms. The van der Waals surface area contributed by atoms with Gasteiger partial charge in [0.2, 0.25) is 23.1 Å². The van der Waals surface area contributed by atoms with Gasteiger partial charge in [0.05, 0.1) is 67.9 Å². The maximum atomic E-state index is 13.3. The number of hydrogen-bond donors (Lipinski definition) is 0. The van der Waals surface area contributed by atoms with Crippen molar-refractivity contribution in [3.05, 3.63) is 82.2 Å². The largest absolute Gasteiger partial charge is 0.496 e. The molecule has 0 saturated heterocycles. The second kappa shape index (κ2) is 17.1. The van der Waals surface area contributed by atoms with Gasteiger partial charge in [-0.25, -0.2) is 0 Å². The molecule has 2 heterocycles. The molecule has 0 aliphatic carbocycles. The number of ether oxygens (including phenoxy) is 8. The number of ketones is 2. The molecular weight excluding hydrogens is 708 g/mol. The molecule has 6 rings (SSSR count). The Morgan fingerprint density at radius 3 is 1.36 bits per heavy atom. The van der Waals surface area contributed by atoms with Gasteiger partial charge >= 0.3 is 0 Å². The summed E-state index contributed by atoms with van der Waals surface area (Å²) < 4.78 is 46.1. The molecule has 292 valence electrons. The maximum absolute atomic E-state index is 13.3. The first kappa shape index (κ1) is 41.3. The molecule has 0 aliphatic rings. The summed E-state index contributed by atoms with van der Waals surface area (Å²) in [6.45, 7) is 3.86. The molecule has 0 N–H and O–H groups in total. The van der Waals surface area contributed by atoms with Crippen LogP contribution in [0.2, 0.25) is 0 Å². The van der Waals surface area contributed by atoms with Gasteiger partial charge in [-0.3, -0.25) is 19.0 Å². The zero-order valence-corrected chi connectivity index (χ0v) is 32.5. The Bertz CT molecular complexity index is 2320. The lowest BCUT2D eigenvalue weighted by atomic mass is 10.0. The predicted octanol–water partition coefficient (Wildman–Crippen LogP) is 6.93. The first-order valence-electron chi connectivity index (χ1n) is 16.6. The van der Waals surface area contributed by atoms with Crippen molar-refractivity contribution in [2.24, 2.45) is 14.1 Å². The number of fused-ring (bicyclic) bond motifs is 2. The van der Waals surface area contributed by atoms with Crippen LogP contribution >= 0.6 is 0 Å². The highest BCUT2D eigenvalue weighted by atomic mass is 16.5. The summed E-state index contributed by atoms with van der Waals surface area (Å²) in [7, 11) is 15.9. The van der Waals surface area contributed by atoms with Crippen molar-refractivity contribution >= 4 is 33.4 Å². The van der Waals surface area contributed by atoms with Gasteiger partial charge in [0.1, 0.15) is 22.9 Å². The van der Waals surface area contributed by atoms with Crippen molar-refractivity contribution in [1.82, 2.24) is 19.6 Å². The van der Waals surface area contributed by atoms with E-state index in [2.05, 4.69) is 10.2 Å². The third-order valence-electron chi connectivity index (χ3n) is 9.14. The van der Waals surface area contributed by atoms with Crippen LogP contribution in [0.25, 0.3) is 21.8 Å². The number of aryl methyl sites for hydroxylation is 4. The Morgan fingerprint density at radius 2 is 0.927 bits per heavy atom. The normalized spacial score (nSPS) is 10.5. The molecule has 6 aromatic rings. The van der Waals surface area contributed by atoms with Crippen LogP contribution in [-0.4, -0.2) is 88.0 Å². The van der Waals surface area contributed by atoms with Crippen LogP contribution in [0.4, 0.5) is 0 Å². The average molecular weight is 757 g/mol. The van der Waals surface area contributed by atoms with Gasteiger partial charge in [0, 0.05) is 47.1 Å². The molecule has 0 amide bonds. The summed E-state index contributed by atoms with van der Waals surface area (Å²) in [6, 6.07) is 13.9. The minimum absolute atomic E-state index is 0. The molecule has 0 aliphatic heterocycles. The van der Waals surface area contributed by atoms with Crippen molar-refractivity contribution < 1.29 is 47.5 Å². The van der Waals surface area contributed by atoms with E-state index < -0.39 is 0 Å². The Balaban J connectivity index is 0.000000240. The van der Waals surface area contributed by atoms with Gasteiger partial charge in [0.15, 0.2) is 23.0 Å². The average Bonchev–Trinajstić information content (AvgIpc) is 3.72. The van der Waals surface area contributed by atoms with Gasteiger partial charge in [-0.05, 0) is 62.4 Å². The molecule has 0 spiro atoms. The number of methoxy groups -OCH3 is 8. The molecular formula is C41H48N4O10. The van der Waals surface area contributed by atoms with E-state index in [9.17, 15) is 9.59 Å². The van der Waals surface area contributed by atoms with Gasteiger partial charge < -0.3 is 37.9 Å². The van der Waals surface area contributed by atoms with Crippen LogP contribution in [0.5, 0.6) is 46.0 Å². The van der Waals surface area contributed by atoms with Crippen molar-refractivity contribution in [3.63, 3.8) is 0 Å². The molecule has 0 saturated carbocycles. The summed E-state index contributed by atoms with van der Waals surface area (Å²) >= 11 is 0. The highest BCUT2D eigenvalue weighted by molar-refractivity contribution is 6.16. The molecule has 0 bridgehead atoms. The maximum Gasteiger partial charge on any atom is 0.214 e. The van der Waals surface area contributed by atoms with Crippen molar-refractivity contribution in [1.29, 1.82) is 0 Å². The quantitative estimate of drug-likeness (QED) is 0.120. The van der Waals surface area contributed by atoms with Crippen LogP contribution in [-0.2, 0) is 14.1 Å². The van der Waals surface area contributed by atoms with E-state index in [-0.39, 0.29) is 19.0 Å². The molecule has 2 aromatic heterocycles. The first-order valence-corrected chi connectivity index (χ1v) is 16.6. The molecule has 0 unspecified atom stereocenters. The summed E-state index contributed by atoms with van der Waals surface area (Å²) in [5, 5.41) is 10.5. The molecule has 14 nitrogen and oxygen atoms in total. The fourth-order valence-corrected chi connectivity index (χ4v) is 6.50. The van der Waals surface area contributed by atoms with E-state index in [0.29, 0.717) is 57.0 Å². The zero-order chi connectivity index (χ0) is 39.4. The van der Waals surface area contributed by atoms with Gasteiger partial charge in [-0.2, -0.15) is 10.2 Å². The van der Waals surface area contributed by atoms with Gasteiger partial charge in [-0.1, -0.05) is 7.43 Å². The van der Waals surface area contributed by atoms with E-state index in [1.54, 1.807) is 61.9 Å². The zero-order valence-electron chi connectivity index (χ0n) is 32.5. The Hall–Kier alpha value is -6.44. The number of hydrogen-bond acceptors (Lipinski definition) is 12. The van der Waals surface area contributed by atoms with Crippen molar-refractivity contribution in [2.45, 2.75) is 21.3 Å². The van der Waals surface area contributed by atoms with Crippen LogP contribution in [0.15, 0.2) is 48.5 Å². The van der Waals surface area contributed by atoms with E-state index in [1.807, 2.05) is 38.1 Å². The molecule has 4 aromatic carbocycles. The second-order valence-electron chi connectivity index (χ2n) is 12.0. The molecule has 0 radical (unpaired) electrons. The van der Waals surface area contributed by atoms with Crippen LogP contribution in [0.1, 0.15) is 50.7 Å². The lowest BCUT2D eigenvalue weighted by Gasteiger charge is -2.14. The van der Waals surface area contributed by atoms with Crippen LogP contribution in [0.3, 0.4) is 0 Å². The number of aromatic nitrogens is 4. The minimum atomic E-state index is -0.232. The fourth-order valence-electron chi connectivity index (χ4n) is 6.50. The van der Waals surface area contributed by atoms with Crippen LogP contribution < -0.4 is 37.9 Å². The molecule has 55 heavy (non-hydrogen) atoms. The summed E-state index contributed by atoms with van der Waals surface area (Å²) in [4.78, 5) is 26.5. The van der Waals surface area contributed by atoms with Crippen molar-refractivity contribution in [2.75, 3.05) is 56.9 Å². The molecule has 0 atom stereocenters. The third kappa shape index (κ3) is 7.39. The number of nitrogens with zero attached hydrogens (tertiary/aromatic N) is 4. The summed E-state index contributed by atoms with van der Waals surface area (Å²) in [5.41, 5.74) is 5.04. The van der Waals surface area contributed by atoms with E-state index in [0.717, 1.165) is 44.4 Å². The minimum Gasteiger partial charge on any atom is -0.496 e. The fraction of sp³-hybridized carbons (Fsp3) is 0.317. The number of rotatable bonds is 12. The van der Waals surface area contributed by atoms with Crippen LogP contribution in [0, 0.1) is 13.8 Å². The van der Waals surface area contributed by atoms with Gasteiger partial charge in [0.25, 0.3) is 0 Å². The van der Waals surface area contributed by atoms with E-state index in [1.165, 1.54) is 42.7 Å². The lowest BCUT2D eigenvalue weighted by molar-refractivity contribution is 0.102. The van der Waals surface area contributed by atoms with Crippen molar-refractivity contribution in [3.8, 4) is 46.0 Å². The number of carbonyl (C=O) groups excluding carboxylic acids is 2. The standard InChI is InChI=1S/2C20H22N2O5.CH4/c1-11-14(24-3)8-7-13-17(21-22(2)18(11)13)19(23)12-9-15(25-4)20(27-6)16(10-12)26-5;1-11-14(24-3)8-7-13-17(11)21-22(2)18(13)19(23)12-9-15(25-4)20(27-6)16(10-12)26-5;/h2*7-10H,1-6H3;1H4. The van der Waals surface area contributed by atoms with E-state index in [4.69, 9.17) is 37.9 Å². The Labute approximate surface area is 320 Å². The highest BCUT2D eigenvalue weighted by Crippen LogP contribution is 2.41. The van der Waals surface area contributed by atoms with E-state index >= 15 is 0 Å². The first-order chi connectivity index (χ1) is 25.9. The third-order valence-corrected chi connectivity index (χ3v) is 9.14. The topological polar surface area (TPSA) is 144 Å². The molecule has 0 fully saturated rings. The monoisotopic (exact) mass is 756 g/mol. The SMILES string of the molecule is C.COc1cc(C(=O)c2c3ccc(OC)c(C)c3nn2C)cc(OC)c1OC.COc1cc(C(=O)c2nn(C)c3c(C)c(OC)ccc23)cc(OC)c1OC. The van der Waals surface area contributed by atoms with Gasteiger partial charge in [-0.15, -0.1) is 0 Å². The highest BCUT2D eigenvalue weighted by Gasteiger charge is 2.25. The Kier molecular flexibility index (Phi) is 12.9. The predicted molar refractivity (Wildman–Crippen MR) is 210 cm³/mol. The number of carbonyl (C=O) groups is 2. The Morgan fingerprint density at radius 1 is 0.509 bits per heavy atom. The summed E-state index contributed by atoms with van der Waals surface area (Å²) in [6.07, 6.45) is 0. The second-order valence-corrected chi connectivity index (χ2v) is 12.0. The smallest absolute Gasteiger partial charge is 0.214 e. The summed E-state index contributed by atoms with van der Waals surface area (Å²) in [5.74, 6) is 3.60. The lowest BCUT2D eigenvalue weighted by Crippen LogP contribution is -2.09. The number of benzene rings is 4.